The van der Waals surface area contributed by atoms with Crippen molar-refractivity contribution in [3.63, 3.8) is 0 Å². The molecule has 2 aromatic carbocycles. The van der Waals surface area contributed by atoms with E-state index in [1.807, 2.05) is 12.1 Å². The molecular weight excluding hydrogens is 336 g/mol. The predicted octanol–water partition coefficient (Wildman–Crippen LogP) is 2.88. The molecule has 0 bridgehead atoms. The van der Waals surface area contributed by atoms with Crippen molar-refractivity contribution < 1.29 is 4.79 Å². The van der Waals surface area contributed by atoms with Gasteiger partial charge in [-0.25, -0.2) is 0 Å². The molecule has 5 nitrogen and oxygen atoms in total. The molecule has 0 aliphatic carbocycles. The third-order valence-corrected chi connectivity index (χ3v) is 4.14. The van der Waals surface area contributed by atoms with Gasteiger partial charge in [-0.15, -0.1) is 6.42 Å². The van der Waals surface area contributed by atoms with Crippen molar-refractivity contribution >= 4 is 17.6 Å². The summed E-state index contributed by atoms with van der Waals surface area (Å²) >= 11 is 0. The summed E-state index contributed by atoms with van der Waals surface area (Å²) in [5.74, 6) is 3.29. The highest BCUT2D eigenvalue weighted by Crippen LogP contribution is 2.15. The Labute approximate surface area is 161 Å². The molecule has 0 heterocycles. The van der Waals surface area contributed by atoms with Crippen molar-refractivity contribution in [1.82, 2.24) is 10.6 Å². The maximum atomic E-state index is 12.1. The number of carbonyl (C=O) groups is 1. The quantitative estimate of drug-likeness (QED) is 0.421. The Kier molecular flexibility index (Phi) is 7.45. The molecule has 3 N–H and O–H groups in total. The molecule has 27 heavy (non-hydrogen) atoms. The van der Waals surface area contributed by atoms with Crippen molar-refractivity contribution in [2.24, 2.45) is 4.99 Å². The molecule has 0 aliphatic heterocycles. The number of terminal acetylenes is 1. The third-order valence-electron chi connectivity index (χ3n) is 4.14. The van der Waals surface area contributed by atoms with Gasteiger partial charge in [-0.2, -0.15) is 0 Å². The lowest BCUT2D eigenvalue weighted by molar-refractivity contribution is -0.115. The summed E-state index contributed by atoms with van der Waals surface area (Å²) in [4.78, 5) is 16.3. The van der Waals surface area contributed by atoms with Crippen LogP contribution in [0.4, 0.5) is 5.69 Å². The number of aliphatic imine (C=N–C) groups is 1. The fourth-order valence-corrected chi connectivity index (χ4v) is 2.62. The Morgan fingerprint density at radius 1 is 1.19 bits per heavy atom. The molecule has 0 saturated heterocycles. The fraction of sp³-hybridized carbons (Fsp3) is 0.273. The van der Waals surface area contributed by atoms with Crippen LogP contribution < -0.4 is 16.0 Å². The van der Waals surface area contributed by atoms with Crippen molar-refractivity contribution in [2.75, 3.05) is 25.5 Å². The Morgan fingerprint density at radius 3 is 2.67 bits per heavy atom. The number of nitrogens with zero attached hydrogens (tertiary/aromatic N) is 1. The summed E-state index contributed by atoms with van der Waals surface area (Å²) in [6.07, 6.45) is 5.37. The monoisotopic (exact) mass is 362 g/mol. The van der Waals surface area contributed by atoms with Crippen LogP contribution in [0.1, 0.15) is 29.5 Å². The smallest absolute Gasteiger partial charge is 0.243 e. The Balaban J connectivity index is 1.81. The number of hydrogen-bond acceptors (Lipinski definition) is 2. The maximum absolute atomic E-state index is 12.1. The molecule has 0 radical (unpaired) electrons. The van der Waals surface area contributed by atoms with Gasteiger partial charge in [0.1, 0.15) is 0 Å². The second-order valence-electron chi connectivity index (χ2n) is 6.40. The van der Waals surface area contributed by atoms with Crippen LogP contribution in [0.5, 0.6) is 0 Å². The standard InChI is InChI=1S/C22H26N4O/c1-5-18-9-7-11-20(13-18)26-21(27)15-25-22(23-4)24-14-17(3)19-10-6-8-16(2)12-19/h1,6-13,17H,14-15H2,2-4H3,(H,26,27)(H2,23,24,25). The average Bonchev–Trinajstić information content (AvgIpc) is 2.68. The highest BCUT2D eigenvalue weighted by Gasteiger charge is 2.08. The molecule has 140 valence electrons. The second-order valence-corrected chi connectivity index (χ2v) is 6.40. The summed E-state index contributed by atoms with van der Waals surface area (Å²) < 4.78 is 0. The minimum Gasteiger partial charge on any atom is -0.356 e. The number of rotatable bonds is 6. The largest absolute Gasteiger partial charge is 0.356 e. The summed E-state index contributed by atoms with van der Waals surface area (Å²) in [6, 6.07) is 15.6. The van der Waals surface area contributed by atoms with Crippen molar-refractivity contribution in [3.8, 4) is 12.3 Å². The summed E-state index contributed by atoms with van der Waals surface area (Å²) in [7, 11) is 1.68. The molecule has 0 aromatic heterocycles. The van der Waals surface area contributed by atoms with E-state index in [1.165, 1.54) is 11.1 Å². The van der Waals surface area contributed by atoms with Crippen LogP contribution in [0, 0.1) is 19.3 Å². The first-order chi connectivity index (χ1) is 13.0. The SMILES string of the molecule is C#Cc1cccc(NC(=O)CNC(=NC)NCC(C)c2cccc(C)c2)c1. The molecule has 5 heteroatoms. The normalized spacial score (nSPS) is 12.0. The predicted molar refractivity (Wildman–Crippen MR) is 112 cm³/mol. The molecule has 1 atom stereocenters. The van der Waals surface area contributed by atoms with Crippen LogP contribution in [0.2, 0.25) is 0 Å². The maximum Gasteiger partial charge on any atom is 0.243 e. The van der Waals surface area contributed by atoms with Gasteiger partial charge in [0.05, 0.1) is 6.54 Å². The molecule has 0 saturated carbocycles. The highest BCUT2D eigenvalue weighted by molar-refractivity contribution is 5.95. The number of benzene rings is 2. The number of carbonyl (C=O) groups excluding carboxylic acids is 1. The zero-order valence-corrected chi connectivity index (χ0v) is 16.0. The van der Waals surface area contributed by atoms with Crippen LogP contribution in [-0.2, 0) is 4.79 Å². The van der Waals surface area contributed by atoms with Gasteiger partial charge >= 0.3 is 0 Å². The van der Waals surface area contributed by atoms with Crippen molar-refractivity contribution in [3.05, 3.63) is 65.2 Å². The lowest BCUT2D eigenvalue weighted by Crippen LogP contribution is -2.42. The van der Waals surface area contributed by atoms with Crippen LogP contribution >= 0.6 is 0 Å². The van der Waals surface area contributed by atoms with Crippen LogP contribution in [0.15, 0.2) is 53.5 Å². The first-order valence-corrected chi connectivity index (χ1v) is 8.89. The van der Waals surface area contributed by atoms with Gasteiger partial charge in [0.15, 0.2) is 5.96 Å². The van der Waals surface area contributed by atoms with E-state index in [1.54, 1.807) is 19.2 Å². The lowest BCUT2D eigenvalue weighted by atomic mass is 9.99. The molecular formula is C22H26N4O. The molecule has 2 aromatic rings. The van der Waals surface area contributed by atoms with Gasteiger partial charge in [-0.1, -0.05) is 48.7 Å². The van der Waals surface area contributed by atoms with E-state index in [9.17, 15) is 4.79 Å². The van der Waals surface area contributed by atoms with Gasteiger partial charge in [0.25, 0.3) is 0 Å². The lowest BCUT2D eigenvalue weighted by Gasteiger charge is -2.16. The number of hydrogen-bond donors (Lipinski definition) is 3. The van der Waals surface area contributed by atoms with E-state index in [0.717, 1.165) is 12.1 Å². The highest BCUT2D eigenvalue weighted by atomic mass is 16.1. The van der Waals surface area contributed by atoms with E-state index in [2.05, 4.69) is 65.0 Å². The van der Waals surface area contributed by atoms with E-state index >= 15 is 0 Å². The zero-order valence-electron chi connectivity index (χ0n) is 16.0. The summed E-state index contributed by atoms with van der Waals surface area (Å²) in [5.41, 5.74) is 3.91. The second kappa shape index (κ2) is 10.0. The number of guanidine groups is 1. The van der Waals surface area contributed by atoms with E-state index in [0.29, 0.717) is 17.6 Å². The number of nitrogens with one attached hydrogen (secondary N) is 3. The molecule has 0 aliphatic rings. The first-order valence-electron chi connectivity index (χ1n) is 8.89. The zero-order chi connectivity index (χ0) is 19.6. The van der Waals surface area contributed by atoms with Gasteiger partial charge in [0.2, 0.25) is 5.91 Å². The molecule has 1 amide bonds. The Bertz CT molecular complexity index is 851. The summed E-state index contributed by atoms with van der Waals surface area (Å²) in [6.45, 7) is 5.07. The Morgan fingerprint density at radius 2 is 1.96 bits per heavy atom. The van der Waals surface area contributed by atoms with Gasteiger partial charge in [0, 0.05) is 24.8 Å². The van der Waals surface area contributed by atoms with Crippen LogP contribution in [0.3, 0.4) is 0 Å². The van der Waals surface area contributed by atoms with E-state index in [-0.39, 0.29) is 12.5 Å². The Hall–Kier alpha value is -3.26. The van der Waals surface area contributed by atoms with Crippen LogP contribution in [-0.4, -0.2) is 32.0 Å². The number of amides is 1. The number of anilines is 1. The van der Waals surface area contributed by atoms with Crippen molar-refractivity contribution in [2.45, 2.75) is 19.8 Å². The molecule has 0 spiro atoms. The fourth-order valence-electron chi connectivity index (χ4n) is 2.62. The van der Waals surface area contributed by atoms with E-state index < -0.39 is 0 Å². The number of aryl methyl sites for hydroxylation is 1. The summed E-state index contributed by atoms with van der Waals surface area (Å²) in [5, 5.41) is 9.09. The minimum atomic E-state index is -0.168. The van der Waals surface area contributed by atoms with Gasteiger partial charge in [-0.3, -0.25) is 9.79 Å². The van der Waals surface area contributed by atoms with Gasteiger partial charge < -0.3 is 16.0 Å². The van der Waals surface area contributed by atoms with Crippen molar-refractivity contribution in [1.29, 1.82) is 0 Å². The van der Waals surface area contributed by atoms with E-state index in [4.69, 9.17) is 6.42 Å². The minimum absolute atomic E-state index is 0.110. The molecule has 0 fully saturated rings. The first kappa shape index (κ1) is 20.1. The molecule has 1 unspecified atom stereocenters. The third kappa shape index (κ3) is 6.52. The molecule has 2 rings (SSSR count). The average molecular weight is 362 g/mol. The van der Waals surface area contributed by atoms with Crippen LogP contribution in [0.25, 0.3) is 0 Å². The topological polar surface area (TPSA) is 65.5 Å². The van der Waals surface area contributed by atoms with Gasteiger partial charge in [-0.05, 0) is 36.6 Å².